The molecule has 2 rings (SSSR count). The number of carbonyl (C=O) groups is 2. The van der Waals surface area contributed by atoms with Gasteiger partial charge in [0, 0.05) is 11.6 Å². The first-order valence-electron chi connectivity index (χ1n) is 6.30. The van der Waals surface area contributed by atoms with Gasteiger partial charge in [-0.25, -0.2) is 9.18 Å². The highest BCUT2D eigenvalue weighted by Crippen LogP contribution is 2.26. The minimum atomic E-state index is -0.755. The molecule has 0 spiro atoms. The average molecular weight is 265 g/mol. The minimum Gasteiger partial charge on any atom is -0.465 e. The predicted octanol–water partition coefficient (Wildman–Crippen LogP) is 2.74. The lowest BCUT2D eigenvalue weighted by atomic mass is 10.1. The summed E-state index contributed by atoms with van der Waals surface area (Å²) in [7, 11) is 1.19. The summed E-state index contributed by atoms with van der Waals surface area (Å²) < 4.78 is 17.9. The quantitative estimate of drug-likeness (QED) is 0.855. The third-order valence-electron chi connectivity index (χ3n) is 3.37. The number of methoxy groups -OCH3 is 1. The fraction of sp³-hybridized carbons (Fsp3) is 0.429. The van der Waals surface area contributed by atoms with Crippen molar-refractivity contribution in [3.8, 4) is 0 Å². The van der Waals surface area contributed by atoms with Crippen molar-refractivity contribution in [3.05, 3.63) is 29.6 Å². The first-order chi connectivity index (χ1) is 9.11. The van der Waals surface area contributed by atoms with Crippen LogP contribution in [0.1, 0.15) is 36.0 Å². The van der Waals surface area contributed by atoms with Crippen LogP contribution >= 0.6 is 0 Å². The highest BCUT2D eigenvalue weighted by atomic mass is 19.1. The Morgan fingerprint density at radius 2 is 2.00 bits per heavy atom. The number of hydrogen-bond donors (Lipinski definition) is 1. The zero-order valence-corrected chi connectivity index (χ0v) is 10.7. The van der Waals surface area contributed by atoms with Crippen molar-refractivity contribution in [3.63, 3.8) is 0 Å². The summed E-state index contributed by atoms with van der Waals surface area (Å²) in [6.07, 6.45) is 3.90. The Labute approximate surface area is 110 Å². The van der Waals surface area contributed by atoms with Crippen LogP contribution in [-0.2, 0) is 9.53 Å². The van der Waals surface area contributed by atoms with Gasteiger partial charge >= 0.3 is 5.97 Å². The van der Waals surface area contributed by atoms with Crippen LogP contribution in [0.25, 0.3) is 0 Å². The number of halogens is 1. The molecule has 1 aliphatic carbocycles. The van der Waals surface area contributed by atoms with Crippen molar-refractivity contribution < 1.29 is 18.7 Å². The largest absolute Gasteiger partial charge is 0.465 e. The van der Waals surface area contributed by atoms with Crippen LogP contribution in [0.15, 0.2) is 18.2 Å². The topological polar surface area (TPSA) is 55.4 Å². The smallest absolute Gasteiger partial charge is 0.340 e. The number of rotatable bonds is 3. The van der Waals surface area contributed by atoms with Crippen LogP contribution < -0.4 is 5.32 Å². The number of carbonyl (C=O) groups excluding carboxylic acids is 2. The summed E-state index contributed by atoms with van der Waals surface area (Å²) in [5.41, 5.74) is 0.241. The Hall–Kier alpha value is -1.91. The van der Waals surface area contributed by atoms with Gasteiger partial charge in [0.15, 0.2) is 0 Å². The van der Waals surface area contributed by atoms with E-state index in [1.165, 1.54) is 19.2 Å². The lowest BCUT2D eigenvalue weighted by Crippen LogP contribution is -2.20. The van der Waals surface area contributed by atoms with Gasteiger partial charge in [-0.15, -0.1) is 0 Å². The van der Waals surface area contributed by atoms with Crippen LogP contribution in [0.4, 0.5) is 10.1 Å². The van der Waals surface area contributed by atoms with E-state index in [0.29, 0.717) is 5.69 Å². The maximum atomic E-state index is 13.4. The molecule has 4 nitrogen and oxygen atoms in total. The lowest BCUT2D eigenvalue weighted by molar-refractivity contribution is -0.119. The van der Waals surface area contributed by atoms with Crippen molar-refractivity contribution >= 4 is 17.6 Å². The Balaban J connectivity index is 2.12. The zero-order chi connectivity index (χ0) is 13.8. The summed E-state index contributed by atoms with van der Waals surface area (Å²) in [5, 5.41) is 2.72. The third kappa shape index (κ3) is 3.10. The fourth-order valence-corrected chi connectivity index (χ4v) is 2.30. The molecule has 1 aromatic rings. The lowest BCUT2D eigenvalue weighted by Gasteiger charge is -2.11. The number of ether oxygens (including phenoxy) is 1. The maximum Gasteiger partial charge on any atom is 0.340 e. The molecular formula is C14H16FNO3. The van der Waals surface area contributed by atoms with Crippen LogP contribution in [0.5, 0.6) is 0 Å². The van der Waals surface area contributed by atoms with Crippen LogP contribution in [0, 0.1) is 11.7 Å². The third-order valence-corrected chi connectivity index (χ3v) is 3.37. The molecule has 1 N–H and O–H groups in total. The van der Waals surface area contributed by atoms with Gasteiger partial charge in [-0.05, 0) is 31.0 Å². The molecule has 1 aliphatic rings. The molecule has 0 aromatic heterocycles. The summed E-state index contributed by atoms with van der Waals surface area (Å²) >= 11 is 0. The summed E-state index contributed by atoms with van der Waals surface area (Å²) in [6.45, 7) is 0. The molecule has 0 saturated heterocycles. The van der Waals surface area contributed by atoms with Crippen LogP contribution in [0.2, 0.25) is 0 Å². The number of amides is 1. The van der Waals surface area contributed by atoms with Crippen molar-refractivity contribution in [2.45, 2.75) is 25.7 Å². The summed E-state index contributed by atoms with van der Waals surface area (Å²) in [6, 6.07) is 3.89. The minimum absolute atomic E-state index is 0.0200. The maximum absolute atomic E-state index is 13.4. The van der Waals surface area contributed by atoms with E-state index in [9.17, 15) is 14.0 Å². The Bertz CT molecular complexity index is 495. The molecule has 1 aromatic carbocycles. The molecule has 19 heavy (non-hydrogen) atoms. The van der Waals surface area contributed by atoms with Gasteiger partial charge in [-0.3, -0.25) is 4.79 Å². The first kappa shape index (κ1) is 13.5. The van der Waals surface area contributed by atoms with Gasteiger partial charge in [-0.2, -0.15) is 0 Å². The standard InChI is InChI=1S/C14H16FNO3/c1-19-14(18)11-8-10(6-7-12(11)15)16-13(17)9-4-2-3-5-9/h6-9H,2-5H2,1H3,(H,16,17). The molecule has 1 amide bonds. The molecular weight excluding hydrogens is 249 g/mol. The molecule has 0 atom stereocenters. The van der Waals surface area contributed by atoms with Gasteiger partial charge < -0.3 is 10.1 Å². The molecule has 0 heterocycles. The van der Waals surface area contributed by atoms with Crippen LogP contribution in [-0.4, -0.2) is 19.0 Å². The van der Waals surface area contributed by atoms with E-state index < -0.39 is 11.8 Å². The van der Waals surface area contributed by atoms with Gasteiger partial charge in [-0.1, -0.05) is 12.8 Å². The summed E-state index contributed by atoms with van der Waals surface area (Å²) in [5.74, 6) is -1.47. The molecule has 0 aliphatic heterocycles. The number of hydrogen-bond acceptors (Lipinski definition) is 3. The van der Waals surface area contributed by atoms with E-state index in [1.54, 1.807) is 0 Å². The monoisotopic (exact) mass is 265 g/mol. The molecule has 0 radical (unpaired) electrons. The number of benzene rings is 1. The van der Waals surface area contributed by atoms with Gasteiger partial charge in [0.1, 0.15) is 5.82 Å². The SMILES string of the molecule is COC(=O)c1cc(NC(=O)C2CCCC2)ccc1F. The normalized spacial score (nSPS) is 15.3. The second-order valence-corrected chi connectivity index (χ2v) is 4.66. The number of nitrogens with one attached hydrogen (secondary N) is 1. The van der Waals surface area contributed by atoms with Crippen molar-refractivity contribution in [2.24, 2.45) is 5.92 Å². The van der Waals surface area contributed by atoms with E-state index in [1.807, 2.05) is 0 Å². The first-order valence-corrected chi connectivity index (χ1v) is 6.30. The molecule has 1 fully saturated rings. The number of esters is 1. The Kier molecular flexibility index (Phi) is 4.14. The second kappa shape index (κ2) is 5.82. The van der Waals surface area contributed by atoms with Crippen molar-refractivity contribution in [1.29, 1.82) is 0 Å². The molecule has 0 bridgehead atoms. The average Bonchev–Trinajstić information content (AvgIpc) is 2.94. The zero-order valence-electron chi connectivity index (χ0n) is 10.7. The van der Waals surface area contributed by atoms with E-state index in [2.05, 4.69) is 10.1 Å². The highest BCUT2D eigenvalue weighted by molar-refractivity contribution is 5.95. The number of anilines is 1. The van der Waals surface area contributed by atoms with E-state index in [0.717, 1.165) is 31.7 Å². The summed E-state index contributed by atoms with van der Waals surface area (Å²) in [4.78, 5) is 23.3. The Morgan fingerprint density at radius 3 is 2.63 bits per heavy atom. The Morgan fingerprint density at radius 1 is 1.32 bits per heavy atom. The molecule has 102 valence electrons. The van der Waals surface area contributed by atoms with Crippen LogP contribution in [0.3, 0.4) is 0 Å². The molecule has 1 saturated carbocycles. The van der Waals surface area contributed by atoms with Gasteiger partial charge in [0.05, 0.1) is 12.7 Å². The molecule has 5 heteroatoms. The predicted molar refractivity (Wildman–Crippen MR) is 68.3 cm³/mol. The highest BCUT2D eigenvalue weighted by Gasteiger charge is 2.23. The molecule has 0 unspecified atom stereocenters. The fourth-order valence-electron chi connectivity index (χ4n) is 2.30. The van der Waals surface area contributed by atoms with E-state index >= 15 is 0 Å². The van der Waals surface area contributed by atoms with Crippen molar-refractivity contribution in [1.82, 2.24) is 0 Å². The van der Waals surface area contributed by atoms with Crippen molar-refractivity contribution in [2.75, 3.05) is 12.4 Å². The van der Waals surface area contributed by atoms with E-state index in [4.69, 9.17) is 0 Å². The van der Waals surface area contributed by atoms with Gasteiger partial charge in [0.25, 0.3) is 0 Å². The van der Waals surface area contributed by atoms with E-state index in [-0.39, 0.29) is 17.4 Å². The second-order valence-electron chi connectivity index (χ2n) is 4.66. The van der Waals surface area contributed by atoms with Gasteiger partial charge in [0.2, 0.25) is 5.91 Å².